The summed E-state index contributed by atoms with van der Waals surface area (Å²) in [5, 5.41) is 11.8. The first-order valence-electron chi connectivity index (χ1n) is 9.58. The Morgan fingerprint density at radius 1 is 1.06 bits per heavy atom. The molecule has 0 aliphatic rings. The average Bonchev–Trinajstić information content (AvgIpc) is 3.19. The second-order valence-corrected chi connectivity index (χ2v) is 8.22. The number of aryl methyl sites for hydroxylation is 1. The molecule has 0 atom stereocenters. The molecule has 0 fully saturated rings. The zero-order chi connectivity index (χ0) is 22.7. The minimum absolute atomic E-state index is 0.0366. The van der Waals surface area contributed by atoms with Crippen LogP contribution in [0.1, 0.15) is 5.56 Å². The Morgan fingerprint density at radius 3 is 2.59 bits per heavy atom. The number of halogens is 3. The number of anilines is 1. The quantitative estimate of drug-likeness (QED) is 0.356. The van der Waals surface area contributed by atoms with E-state index in [1.165, 1.54) is 22.8 Å². The summed E-state index contributed by atoms with van der Waals surface area (Å²) in [6.07, 6.45) is 0. The van der Waals surface area contributed by atoms with Gasteiger partial charge in [-0.05, 0) is 48.9 Å². The summed E-state index contributed by atoms with van der Waals surface area (Å²) < 4.78 is 29.7. The van der Waals surface area contributed by atoms with Gasteiger partial charge in [-0.3, -0.25) is 9.36 Å². The normalized spacial score (nSPS) is 10.9. The topological polar surface area (TPSA) is 59.8 Å². The first kappa shape index (κ1) is 22.0. The largest absolute Gasteiger partial charge is 0.325 e. The van der Waals surface area contributed by atoms with Crippen molar-refractivity contribution in [1.29, 1.82) is 0 Å². The number of para-hydroxylation sites is 1. The van der Waals surface area contributed by atoms with Crippen molar-refractivity contribution < 1.29 is 13.6 Å². The van der Waals surface area contributed by atoms with E-state index in [-0.39, 0.29) is 17.3 Å². The van der Waals surface area contributed by atoms with Crippen LogP contribution in [-0.2, 0) is 4.79 Å². The first-order chi connectivity index (χ1) is 15.4. The van der Waals surface area contributed by atoms with E-state index in [1.54, 1.807) is 55.5 Å². The third kappa shape index (κ3) is 4.66. The molecular weight excluding hydrogens is 454 g/mol. The Kier molecular flexibility index (Phi) is 6.53. The van der Waals surface area contributed by atoms with Crippen LogP contribution in [-0.4, -0.2) is 26.4 Å². The lowest BCUT2D eigenvalue weighted by Crippen LogP contribution is -2.15. The number of hydrogen-bond acceptors (Lipinski definition) is 4. The molecule has 0 unspecified atom stereocenters. The molecule has 162 valence electrons. The van der Waals surface area contributed by atoms with E-state index in [0.717, 1.165) is 17.3 Å². The van der Waals surface area contributed by atoms with Crippen molar-refractivity contribution in [3.05, 3.63) is 89.0 Å². The van der Waals surface area contributed by atoms with Gasteiger partial charge in [-0.15, -0.1) is 10.2 Å². The van der Waals surface area contributed by atoms with Gasteiger partial charge in [-0.2, -0.15) is 0 Å². The van der Waals surface area contributed by atoms with Gasteiger partial charge in [0.2, 0.25) is 5.91 Å². The average molecular weight is 471 g/mol. The van der Waals surface area contributed by atoms with Crippen LogP contribution >= 0.6 is 23.4 Å². The standard InChI is InChI=1S/C23H17ClF2N4OS/c1-14-10-11-15(25)12-19(14)27-21(31)13-32-23-29-28-22(16-6-2-3-7-17(16)24)30(23)20-9-5-4-8-18(20)26/h2-12H,13H2,1H3,(H,27,31). The lowest BCUT2D eigenvalue weighted by atomic mass is 10.2. The number of nitrogens with one attached hydrogen (secondary N) is 1. The lowest BCUT2D eigenvalue weighted by molar-refractivity contribution is -0.113. The van der Waals surface area contributed by atoms with Gasteiger partial charge < -0.3 is 5.32 Å². The molecule has 0 saturated heterocycles. The minimum Gasteiger partial charge on any atom is -0.325 e. The van der Waals surface area contributed by atoms with Crippen LogP contribution in [0.3, 0.4) is 0 Å². The fraction of sp³-hybridized carbons (Fsp3) is 0.0870. The second kappa shape index (κ2) is 9.50. The van der Waals surface area contributed by atoms with Gasteiger partial charge in [0.1, 0.15) is 11.6 Å². The van der Waals surface area contributed by atoms with Crippen LogP contribution in [0.4, 0.5) is 14.5 Å². The summed E-state index contributed by atoms with van der Waals surface area (Å²) in [4.78, 5) is 12.5. The molecule has 5 nitrogen and oxygen atoms in total. The Labute approximate surface area is 192 Å². The smallest absolute Gasteiger partial charge is 0.234 e. The molecule has 9 heteroatoms. The van der Waals surface area contributed by atoms with Crippen LogP contribution in [0.5, 0.6) is 0 Å². The highest BCUT2D eigenvalue weighted by molar-refractivity contribution is 7.99. The van der Waals surface area contributed by atoms with Gasteiger partial charge in [0.05, 0.1) is 16.5 Å². The zero-order valence-corrected chi connectivity index (χ0v) is 18.4. The number of amides is 1. The van der Waals surface area contributed by atoms with Crippen molar-refractivity contribution in [1.82, 2.24) is 14.8 Å². The monoisotopic (exact) mass is 470 g/mol. The molecule has 1 heterocycles. The molecule has 4 rings (SSSR count). The van der Waals surface area contributed by atoms with E-state index >= 15 is 0 Å². The Balaban J connectivity index is 1.64. The van der Waals surface area contributed by atoms with E-state index in [0.29, 0.717) is 27.3 Å². The molecule has 0 spiro atoms. The molecule has 1 N–H and O–H groups in total. The van der Waals surface area contributed by atoms with Crippen molar-refractivity contribution in [2.75, 3.05) is 11.1 Å². The number of thioether (sulfide) groups is 1. The lowest BCUT2D eigenvalue weighted by Gasteiger charge is -2.12. The summed E-state index contributed by atoms with van der Waals surface area (Å²) in [5.74, 6) is -0.953. The van der Waals surface area contributed by atoms with E-state index in [1.807, 2.05) is 0 Å². The molecule has 0 aliphatic carbocycles. The first-order valence-corrected chi connectivity index (χ1v) is 10.9. The summed E-state index contributed by atoms with van der Waals surface area (Å²) >= 11 is 7.42. The summed E-state index contributed by atoms with van der Waals surface area (Å²) in [6.45, 7) is 1.77. The van der Waals surface area contributed by atoms with Gasteiger partial charge in [-0.1, -0.05) is 53.7 Å². The van der Waals surface area contributed by atoms with Crippen molar-refractivity contribution in [2.24, 2.45) is 0 Å². The zero-order valence-electron chi connectivity index (χ0n) is 16.8. The Morgan fingerprint density at radius 2 is 1.81 bits per heavy atom. The minimum atomic E-state index is -0.470. The SMILES string of the molecule is Cc1ccc(F)cc1NC(=O)CSc1nnc(-c2ccccc2Cl)n1-c1ccccc1F. The van der Waals surface area contributed by atoms with Crippen molar-refractivity contribution in [3.8, 4) is 17.1 Å². The molecule has 32 heavy (non-hydrogen) atoms. The number of nitrogens with zero attached hydrogens (tertiary/aromatic N) is 3. The van der Waals surface area contributed by atoms with Gasteiger partial charge in [0.15, 0.2) is 11.0 Å². The van der Waals surface area contributed by atoms with E-state index < -0.39 is 11.6 Å². The number of carbonyl (C=O) groups excluding carboxylic acids is 1. The van der Waals surface area contributed by atoms with E-state index in [9.17, 15) is 13.6 Å². The van der Waals surface area contributed by atoms with Crippen LogP contribution in [0.2, 0.25) is 5.02 Å². The molecular formula is C23H17ClF2N4OS. The maximum absolute atomic E-state index is 14.7. The predicted molar refractivity (Wildman–Crippen MR) is 122 cm³/mol. The molecule has 1 amide bonds. The number of hydrogen-bond donors (Lipinski definition) is 1. The summed E-state index contributed by atoms with van der Waals surface area (Å²) in [6, 6.07) is 17.4. The second-order valence-electron chi connectivity index (χ2n) is 6.87. The van der Waals surface area contributed by atoms with Crippen LogP contribution in [0, 0.1) is 18.6 Å². The van der Waals surface area contributed by atoms with Crippen LogP contribution in [0.25, 0.3) is 17.1 Å². The van der Waals surface area contributed by atoms with Gasteiger partial charge in [0.25, 0.3) is 0 Å². The molecule has 0 radical (unpaired) electrons. The number of aromatic nitrogens is 3. The Hall–Kier alpha value is -3.23. The molecule has 3 aromatic carbocycles. The molecule has 0 bridgehead atoms. The van der Waals surface area contributed by atoms with E-state index in [4.69, 9.17) is 11.6 Å². The molecule has 0 aliphatic heterocycles. The number of benzene rings is 3. The fourth-order valence-corrected chi connectivity index (χ4v) is 4.04. The third-order valence-electron chi connectivity index (χ3n) is 4.65. The van der Waals surface area contributed by atoms with Gasteiger partial charge in [-0.25, -0.2) is 8.78 Å². The van der Waals surface area contributed by atoms with Crippen molar-refractivity contribution in [2.45, 2.75) is 12.1 Å². The van der Waals surface area contributed by atoms with Crippen molar-refractivity contribution >= 4 is 35.0 Å². The molecule has 0 saturated carbocycles. The maximum atomic E-state index is 14.7. The summed E-state index contributed by atoms with van der Waals surface area (Å²) in [5.41, 5.74) is 1.94. The molecule has 1 aromatic heterocycles. The highest BCUT2D eigenvalue weighted by Gasteiger charge is 2.21. The summed E-state index contributed by atoms with van der Waals surface area (Å²) in [7, 11) is 0. The van der Waals surface area contributed by atoms with Gasteiger partial charge in [0, 0.05) is 11.3 Å². The van der Waals surface area contributed by atoms with Crippen LogP contribution < -0.4 is 5.32 Å². The van der Waals surface area contributed by atoms with Crippen LogP contribution in [0.15, 0.2) is 71.9 Å². The fourth-order valence-electron chi connectivity index (χ4n) is 3.08. The molecule has 4 aromatic rings. The number of rotatable bonds is 6. The highest BCUT2D eigenvalue weighted by Crippen LogP contribution is 2.32. The third-order valence-corrected chi connectivity index (χ3v) is 5.91. The highest BCUT2D eigenvalue weighted by atomic mass is 35.5. The van der Waals surface area contributed by atoms with Gasteiger partial charge >= 0.3 is 0 Å². The predicted octanol–water partition coefficient (Wildman–Crippen LogP) is 5.91. The van der Waals surface area contributed by atoms with Crippen molar-refractivity contribution in [3.63, 3.8) is 0 Å². The Bertz CT molecular complexity index is 1290. The number of carbonyl (C=O) groups is 1. The maximum Gasteiger partial charge on any atom is 0.234 e. The van der Waals surface area contributed by atoms with E-state index in [2.05, 4.69) is 15.5 Å².